The highest BCUT2D eigenvalue weighted by Crippen LogP contribution is 2.15. The van der Waals surface area contributed by atoms with E-state index in [9.17, 15) is 9.59 Å². The second-order valence-electron chi connectivity index (χ2n) is 14.0. The summed E-state index contributed by atoms with van der Waals surface area (Å²) in [6.07, 6.45) is 42.0. The van der Waals surface area contributed by atoms with Crippen molar-refractivity contribution in [2.45, 2.75) is 238 Å². The molecule has 0 bridgehead atoms. The molecule has 5 nitrogen and oxygen atoms in total. The molecule has 45 heavy (non-hydrogen) atoms. The fraction of sp³-hybridized carbons (Fsp3) is 0.950. The number of carbonyl (C=O) groups excluding carboxylic acids is 2. The van der Waals surface area contributed by atoms with Crippen LogP contribution in [0.25, 0.3) is 0 Å². The molecule has 0 aliphatic heterocycles. The SMILES string of the molecule is CCCCCCCCCCCCCCCCCC(=O)NC(CCCN)NC(=O)CCCCCCCCCCCCCCCCC. The molecule has 0 aliphatic rings. The van der Waals surface area contributed by atoms with Crippen LogP contribution in [0.4, 0.5) is 0 Å². The van der Waals surface area contributed by atoms with Crippen LogP contribution >= 0.6 is 0 Å². The summed E-state index contributed by atoms with van der Waals surface area (Å²) in [5.41, 5.74) is 5.71. The maximum Gasteiger partial charge on any atom is 0.221 e. The molecule has 0 aromatic carbocycles. The molecule has 5 heteroatoms. The number of nitrogens with two attached hydrogens (primary N) is 1. The van der Waals surface area contributed by atoms with E-state index in [1.54, 1.807) is 0 Å². The van der Waals surface area contributed by atoms with E-state index in [2.05, 4.69) is 24.5 Å². The molecule has 0 atom stereocenters. The lowest BCUT2D eigenvalue weighted by atomic mass is 10.0. The first-order valence-electron chi connectivity index (χ1n) is 20.4. The van der Waals surface area contributed by atoms with Gasteiger partial charge in [0.15, 0.2) is 0 Å². The minimum Gasteiger partial charge on any atom is -0.336 e. The Kier molecular flexibility index (Phi) is 36.4. The lowest BCUT2D eigenvalue weighted by Crippen LogP contribution is -2.48. The Hall–Kier alpha value is -1.10. The summed E-state index contributed by atoms with van der Waals surface area (Å²) in [4.78, 5) is 25.1. The highest BCUT2D eigenvalue weighted by Gasteiger charge is 2.14. The maximum atomic E-state index is 12.5. The fourth-order valence-electron chi connectivity index (χ4n) is 6.35. The van der Waals surface area contributed by atoms with Crippen LogP contribution < -0.4 is 16.4 Å². The van der Waals surface area contributed by atoms with Gasteiger partial charge in [-0.05, 0) is 32.2 Å². The molecular formula is C40H81N3O2. The van der Waals surface area contributed by atoms with E-state index < -0.39 is 0 Å². The number of carbonyl (C=O) groups is 2. The number of nitrogens with one attached hydrogen (secondary N) is 2. The summed E-state index contributed by atoms with van der Waals surface area (Å²) >= 11 is 0. The molecule has 0 radical (unpaired) electrons. The molecule has 0 aromatic rings. The molecule has 2 amide bonds. The molecule has 0 aromatic heterocycles. The number of hydrogen-bond acceptors (Lipinski definition) is 3. The molecule has 0 fully saturated rings. The average Bonchev–Trinajstić information content (AvgIpc) is 3.03. The summed E-state index contributed by atoms with van der Waals surface area (Å²) < 4.78 is 0. The third-order valence-corrected chi connectivity index (χ3v) is 9.38. The van der Waals surface area contributed by atoms with Crippen LogP contribution in [0.1, 0.15) is 232 Å². The zero-order chi connectivity index (χ0) is 32.9. The number of amides is 2. The van der Waals surface area contributed by atoms with Crippen molar-refractivity contribution >= 4 is 11.8 Å². The average molecular weight is 636 g/mol. The highest BCUT2D eigenvalue weighted by atomic mass is 16.2. The van der Waals surface area contributed by atoms with E-state index >= 15 is 0 Å². The van der Waals surface area contributed by atoms with Crippen molar-refractivity contribution in [1.29, 1.82) is 0 Å². The Morgan fingerprint density at radius 1 is 0.400 bits per heavy atom. The standard InChI is InChI=1S/C40H81N3O2/c1-3-5-7-9-11-13-15-17-19-21-23-25-27-29-31-35-39(44)42-38(34-33-37-41)43-40(45)36-32-30-28-26-24-22-20-18-16-14-12-10-8-6-4-2/h38H,3-37,41H2,1-2H3,(H,42,44)(H,43,45). The third-order valence-electron chi connectivity index (χ3n) is 9.38. The molecule has 0 rings (SSSR count). The Bertz CT molecular complexity index is 564. The van der Waals surface area contributed by atoms with Crippen molar-refractivity contribution in [2.75, 3.05) is 6.54 Å². The van der Waals surface area contributed by atoms with Crippen LogP contribution in [0.5, 0.6) is 0 Å². The van der Waals surface area contributed by atoms with Gasteiger partial charge in [0.25, 0.3) is 0 Å². The van der Waals surface area contributed by atoms with Crippen LogP contribution in [0, 0.1) is 0 Å². The van der Waals surface area contributed by atoms with Gasteiger partial charge in [0.2, 0.25) is 11.8 Å². The van der Waals surface area contributed by atoms with Crippen molar-refractivity contribution in [3.8, 4) is 0 Å². The number of hydrogen-bond donors (Lipinski definition) is 3. The third kappa shape index (κ3) is 35.6. The van der Waals surface area contributed by atoms with Crippen molar-refractivity contribution in [3.63, 3.8) is 0 Å². The predicted octanol–water partition coefficient (Wildman–Crippen LogP) is 11.8. The van der Waals surface area contributed by atoms with Gasteiger partial charge >= 0.3 is 0 Å². The van der Waals surface area contributed by atoms with Crippen molar-refractivity contribution in [1.82, 2.24) is 10.6 Å². The van der Waals surface area contributed by atoms with Gasteiger partial charge in [0.05, 0.1) is 0 Å². The normalized spacial score (nSPS) is 11.4. The van der Waals surface area contributed by atoms with Crippen molar-refractivity contribution < 1.29 is 9.59 Å². The fourth-order valence-corrected chi connectivity index (χ4v) is 6.35. The Morgan fingerprint density at radius 2 is 0.644 bits per heavy atom. The van der Waals surface area contributed by atoms with Crippen LogP contribution in [-0.4, -0.2) is 24.5 Å². The summed E-state index contributed by atoms with van der Waals surface area (Å²) in [7, 11) is 0. The summed E-state index contributed by atoms with van der Waals surface area (Å²) in [6, 6.07) is 0. The Balaban J connectivity index is 3.70. The second kappa shape index (κ2) is 37.4. The van der Waals surface area contributed by atoms with E-state index in [4.69, 9.17) is 5.73 Å². The molecule has 0 spiro atoms. The molecule has 268 valence electrons. The van der Waals surface area contributed by atoms with Gasteiger partial charge < -0.3 is 16.4 Å². The number of rotatable bonds is 37. The number of unbranched alkanes of at least 4 members (excludes halogenated alkanes) is 28. The van der Waals surface area contributed by atoms with Crippen LogP contribution in [-0.2, 0) is 9.59 Å². The Labute approximate surface area is 282 Å². The summed E-state index contributed by atoms with van der Waals surface area (Å²) in [6.45, 7) is 5.13. The van der Waals surface area contributed by atoms with Crippen LogP contribution in [0.15, 0.2) is 0 Å². The maximum absolute atomic E-state index is 12.5. The molecule has 0 aliphatic carbocycles. The molecule has 0 unspecified atom stereocenters. The van der Waals surface area contributed by atoms with Gasteiger partial charge in [-0.2, -0.15) is 0 Å². The Morgan fingerprint density at radius 3 is 0.889 bits per heavy atom. The first-order valence-corrected chi connectivity index (χ1v) is 20.4. The zero-order valence-corrected chi connectivity index (χ0v) is 30.7. The van der Waals surface area contributed by atoms with Crippen molar-refractivity contribution in [3.05, 3.63) is 0 Å². The molecule has 0 heterocycles. The van der Waals surface area contributed by atoms with E-state index in [1.807, 2.05) is 0 Å². The minimum absolute atomic E-state index is 0.0546. The van der Waals surface area contributed by atoms with Gasteiger partial charge in [0.1, 0.15) is 6.17 Å². The summed E-state index contributed by atoms with van der Waals surface area (Å²) in [5.74, 6) is 0.109. The van der Waals surface area contributed by atoms with Gasteiger partial charge in [-0.25, -0.2) is 0 Å². The van der Waals surface area contributed by atoms with E-state index in [1.165, 1.54) is 167 Å². The van der Waals surface area contributed by atoms with E-state index in [-0.39, 0.29) is 18.0 Å². The minimum atomic E-state index is -0.291. The second-order valence-corrected chi connectivity index (χ2v) is 14.0. The van der Waals surface area contributed by atoms with Gasteiger partial charge in [-0.3, -0.25) is 9.59 Å². The predicted molar refractivity (Wildman–Crippen MR) is 197 cm³/mol. The quantitative estimate of drug-likeness (QED) is 0.0469. The van der Waals surface area contributed by atoms with Crippen LogP contribution in [0.2, 0.25) is 0 Å². The smallest absolute Gasteiger partial charge is 0.221 e. The lowest BCUT2D eigenvalue weighted by molar-refractivity contribution is -0.124. The first-order chi connectivity index (χ1) is 22.1. The molecule has 0 saturated heterocycles. The first kappa shape index (κ1) is 43.9. The van der Waals surface area contributed by atoms with Gasteiger partial charge in [-0.1, -0.05) is 194 Å². The topological polar surface area (TPSA) is 84.2 Å². The van der Waals surface area contributed by atoms with E-state index in [0.717, 1.165) is 32.1 Å². The van der Waals surface area contributed by atoms with Gasteiger partial charge in [0, 0.05) is 12.8 Å². The van der Waals surface area contributed by atoms with Crippen LogP contribution in [0.3, 0.4) is 0 Å². The molecule has 0 saturated carbocycles. The largest absolute Gasteiger partial charge is 0.336 e. The van der Waals surface area contributed by atoms with E-state index in [0.29, 0.717) is 25.8 Å². The monoisotopic (exact) mass is 636 g/mol. The zero-order valence-electron chi connectivity index (χ0n) is 30.7. The summed E-state index contributed by atoms with van der Waals surface area (Å²) in [5, 5.41) is 6.12. The molecule has 4 N–H and O–H groups in total. The molecular weight excluding hydrogens is 554 g/mol. The highest BCUT2D eigenvalue weighted by molar-refractivity contribution is 5.79. The van der Waals surface area contributed by atoms with Gasteiger partial charge in [-0.15, -0.1) is 0 Å². The lowest BCUT2D eigenvalue weighted by Gasteiger charge is -2.20. The van der Waals surface area contributed by atoms with Crippen molar-refractivity contribution in [2.24, 2.45) is 5.73 Å².